The Kier molecular flexibility index (Phi) is 8.05. The summed E-state index contributed by atoms with van der Waals surface area (Å²) in [7, 11) is 1.24. The largest absolute Gasteiger partial charge is 0.469 e. The van der Waals surface area contributed by atoms with Crippen molar-refractivity contribution in [3.63, 3.8) is 0 Å². The second-order valence-corrected chi connectivity index (χ2v) is 6.56. The lowest BCUT2D eigenvalue weighted by Gasteiger charge is -2.11. The van der Waals surface area contributed by atoms with Crippen molar-refractivity contribution < 1.29 is 23.5 Å². The maximum atomic E-state index is 13.2. The van der Waals surface area contributed by atoms with Crippen LogP contribution in [0.2, 0.25) is 5.02 Å². The number of carbonyl (C=O) groups excluding carboxylic acids is 3. The van der Waals surface area contributed by atoms with Gasteiger partial charge in [0.05, 0.1) is 18.6 Å². The van der Waals surface area contributed by atoms with Crippen LogP contribution in [0, 0.1) is 5.82 Å². The van der Waals surface area contributed by atoms with Gasteiger partial charge in [0.15, 0.2) is 5.11 Å². The van der Waals surface area contributed by atoms with Gasteiger partial charge in [-0.25, -0.2) is 4.39 Å². The molecule has 2 amide bonds. The highest BCUT2D eigenvalue weighted by molar-refractivity contribution is 7.80. The molecule has 7 nitrogen and oxygen atoms in total. The highest BCUT2D eigenvalue weighted by atomic mass is 35.5. The summed E-state index contributed by atoms with van der Waals surface area (Å²) < 4.78 is 17.7. The molecular formula is C19H17ClFN3O4S. The van der Waals surface area contributed by atoms with E-state index in [0.29, 0.717) is 16.9 Å². The Hall–Kier alpha value is -3.04. The fraction of sp³-hybridized carbons (Fsp3) is 0.158. The third-order valence-electron chi connectivity index (χ3n) is 3.60. The quantitative estimate of drug-likeness (QED) is 0.473. The summed E-state index contributed by atoms with van der Waals surface area (Å²) >= 11 is 10.8. The molecule has 2 rings (SSSR count). The minimum Gasteiger partial charge on any atom is -0.469 e. The second-order valence-electron chi connectivity index (χ2n) is 5.74. The number of hydrogen-bond donors (Lipinski definition) is 3. The van der Waals surface area contributed by atoms with Crippen LogP contribution >= 0.6 is 23.8 Å². The smallest absolute Gasteiger partial charge is 0.306 e. The number of hydrogen-bond acceptors (Lipinski definition) is 5. The predicted molar refractivity (Wildman–Crippen MR) is 111 cm³/mol. The van der Waals surface area contributed by atoms with Gasteiger partial charge in [-0.2, -0.15) is 0 Å². The summed E-state index contributed by atoms with van der Waals surface area (Å²) in [5, 5.41) is 7.73. The molecule has 0 fully saturated rings. The average molecular weight is 438 g/mol. The van der Waals surface area contributed by atoms with E-state index in [1.807, 2.05) is 0 Å². The number of amides is 2. The summed E-state index contributed by atoms with van der Waals surface area (Å²) in [6, 6.07) is 10.2. The van der Waals surface area contributed by atoms with E-state index in [4.69, 9.17) is 23.8 Å². The molecule has 2 aromatic rings. The number of rotatable bonds is 6. The molecule has 29 heavy (non-hydrogen) atoms. The molecule has 10 heteroatoms. The lowest BCUT2D eigenvalue weighted by atomic mass is 10.2. The topological polar surface area (TPSA) is 96.5 Å². The number of carbonyl (C=O) groups is 3. The molecule has 3 N–H and O–H groups in total. The van der Waals surface area contributed by atoms with Crippen LogP contribution in [0.1, 0.15) is 23.2 Å². The molecule has 0 heterocycles. The molecule has 0 radical (unpaired) electrons. The van der Waals surface area contributed by atoms with Gasteiger partial charge >= 0.3 is 5.97 Å². The summed E-state index contributed by atoms with van der Waals surface area (Å²) in [4.78, 5) is 35.2. The summed E-state index contributed by atoms with van der Waals surface area (Å²) in [5.41, 5.74) is 1.11. The average Bonchev–Trinajstić information content (AvgIpc) is 2.69. The van der Waals surface area contributed by atoms with Crippen LogP contribution in [-0.2, 0) is 14.3 Å². The van der Waals surface area contributed by atoms with Crippen LogP contribution in [0.4, 0.5) is 15.8 Å². The molecule has 0 unspecified atom stereocenters. The predicted octanol–water partition coefficient (Wildman–Crippen LogP) is 3.50. The molecule has 0 atom stereocenters. The van der Waals surface area contributed by atoms with E-state index in [1.54, 1.807) is 18.2 Å². The van der Waals surface area contributed by atoms with E-state index in [0.717, 1.165) is 6.07 Å². The van der Waals surface area contributed by atoms with Crippen LogP contribution in [0.15, 0.2) is 42.5 Å². The Bertz CT molecular complexity index is 955. The van der Waals surface area contributed by atoms with Gasteiger partial charge in [-0.05, 0) is 48.6 Å². The standard InChI is InChI=1S/C19H17ClFN3O4S/c1-28-17(26)8-7-16(25)24-19(29)23-12-4-2-3-11(9-12)18(27)22-13-5-6-15(21)14(20)10-13/h2-6,9-10H,7-8H2,1H3,(H,22,27)(H2,23,24,25,29). The minimum atomic E-state index is -0.585. The summed E-state index contributed by atoms with van der Waals surface area (Å²) in [5.74, 6) is -1.97. The third-order valence-corrected chi connectivity index (χ3v) is 4.09. The highest BCUT2D eigenvalue weighted by Gasteiger charge is 2.11. The van der Waals surface area contributed by atoms with Gasteiger partial charge in [0.25, 0.3) is 5.91 Å². The first kappa shape index (κ1) is 22.3. The van der Waals surface area contributed by atoms with Crippen molar-refractivity contribution in [1.82, 2.24) is 5.32 Å². The van der Waals surface area contributed by atoms with Crippen molar-refractivity contribution >= 4 is 58.1 Å². The van der Waals surface area contributed by atoms with Gasteiger partial charge in [0.2, 0.25) is 5.91 Å². The molecule has 0 aliphatic heterocycles. The van der Waals surface area contributed by atoms with Gasteiger partial charge < -0.3 is 20.7 Å². The van der Waals surface area contributed by atoms with E-state index in [2.05, 4.69) is 20.7 Å². The van der Waals surface area contributed by atoms with Crippen molar-refractivity contribution in [3.8, 4) is 0 Å². The Balaban J connectivity index is 1.95. The fourth-order valence-electron chi connectivity index (χ4n) is 2.18. The Morgan fingerprint density at radius 1 is 1.07 bits per heavy atom. The number of thiocarbonyl (C=S) groups is 1. The Morgan fingerprint density at radius 2 is 1.79 bits per heavy atom. The highest BCUT2D eigenvalue weighted by Crippen LogP contribution is 2.20. The molecule has 0 aliphatic carbocycles. The SMILES string of the molecule is COC(=O)CCC(=O)NC(=S)Nc1cccc(C(=O)Nc2ccc(F)c(Cl)c2)c1. The van der Waals surface area contributed by atoms with E-state index in [1.165, 1.54) is 25.3 Å². The molecular weight excluding hydrogens is 421 g/mol. The van der Waals surface area contributed by atoms with E-state index >= 15 is 0 Å². The number of halogens is 2. The van der Waals surface area contributed by atoms with Gasteiger partial charge in [0, 0.05) is 23.4 Å². The van der Waals surface area contributed by atoms with Crippen LogP contribution in [0.3, 0.4) is 0 Å². The lowest BCUT2D eigenvalue weighted by Crippen LogP contribution is -2.34. The molecule has 0 saturated heterocycles. The molecule has 0 bridgehead atoms. The monoisotopic (exact) mass is 437 g/mol. The third kappa shape index (κ3) is 7.13. The van der Waals surface area contributed by atoms with E-state index in [9.17, 15) is 18.8 Å². The van der Waals surface area contributed by atoms with E-state index < -0.39 is 23.6 Å². The van der Waals surface area contributed by atoms with Crippen LogP contribution in [0.5, 0.6) is 0 Å². The van der Waals surface area contributed by atoms with Gasteiger partial charge in [-0.1, -0.05) is 17.7 Å². The minimum absolute atomic E-state index is 0.0164. The normalized spacial score (nSPS) is 10.0. The zero-order valence-electron chi connectivity index (χ0n) is 15.3. The van der Waals surface area contributed by atoms with Crippen molar-refractivity contribution in [3.05, 3.63) is 58.9 Å². The number of methoxy groups -OCH3 is 1. The Labute approximate surface area is 176 Å². The molecule has 0 saturated carbocycles. The molecule has 0 aromatic heterocycles. The lowest BCUT2D eigenvalue weighted by molar-refractivity contribution is -0.142. The molecule has 0 spiro atoms. The zero-order valence-corrected chi connectivity index (χ0v) is 16.8. The molecule has 152 valence electrons. The second kappa shape index (κ2) is 10.5. The van der Waals surface area contributed by atoms with Crippen molar-refractivity contribution in [2.24, 2.45) is 0 Å². The number of esters is 1. The first-order valence-electron chi connectivity index (χ1n) is 8.32. The number of nitrogens with one attached hydrogen (secondary N) is 3. The summed E-state index contributed by atoms with van der Waals surface area (Å²) in [6.07, 6.45) is -0.134. The van der Waals surface area contributed by atoms with Gasteiger partial charge in [-0.3, -0.25) is 14.4 Å². The fourth-order valence-corrected chi connectivity index (χ4v) is 2.60. The van der Waals surface area contributed by atoms with Crippen LogP contribution in [-0.4, -0.2) is 30.0 Å². The zero-order chi connectivity index (χ0) is 21.4. The maximum absolute atomic E-state index is 13.2. The van der Waals surface area contributed by atoms with Crippen LogP contribution in [0.25, 0.3) is 0 Å². The van der Waals surface area contributed by atoms with Crippen LogP contribution < -0.4 is 16.0 Å². The van der Waals surface area contributed by atoms with Gasteiger partial charge in [-0.15, -0.1) is 0 Å². The number of anilines is 2. The van der Waals surface area contributed by atoms with E-state index in [-0.39, 0.29) is 23.0 Å². The van der Waals surface area contributed by atoms with Crippen molar-refractivity contribution in [2.75, 3.05) is 17.7 Å². The van der Waals surface area contributed by atoms with Crippen molar-refractivity contribution in [1.29, 1.82) is 0 Å². The maximum Gasteiger partial charge on any atom is 0.306 e. The number of benzene rings is 2. The Morgan fingerprint density at radius 3 is 2.48 bits per heavy atom. The first-order chi connectivity index (χ1) is 13.8. The first-order valence-corrected chi connectivity index (χ1v) is 9.11. The summed E-state index contributed by atoms with van der Waals surface area (Å²) in [6.45, 7) is 0. The van der Waals surface area contributed by atoms with Crippen molar-refractivity contribution in [2.45, 2.75) is 12.8 Å². The molecule has 2 aromatic carbocycles. The molecule has 0 aliphatic rings. The van der Waals surface area contributed by atoms with Gasteiger partial charge in [0.1, 0.15) is 5.82 Å². The number of ether oxygens (including phenoxy) is 1.